The third kappa shape index (κ3) is 11.1. The Morgan fingerprint density at radius 3 is 2.07 bits per heavy atom. The molecule has 4 atom stereocenters. The van der Waals surface area contributed by atoms with Gasteiger partial charge in [0.15, 0.2) is 0 Å². The fourth-order valence-corrected chi connectivity index (χ4v) is 3.50. The van der Waals surface area contributed by atoms with Crippen LogP contribution in [0.5, 0.6) is 0 Å². The summed E-state index contributed by atoms with van der Waals surface area (Å²) in [6, 6.07) is 0. The highest BCUT2D eigenvalue weighted by Gasteiger charge is 2.40. The van der Waals surface area contributed by atoms with E-state index in [9.17, 15) is 10.2 Å². The number of allylic oxidation sites excluding steroid dienone is 1. The lowest BCUT2D eigenvalue weighted by molar-refractivity contribution is -0.0689. The molecule has 0 radical (unpaired) electrons. The lowest BCUT2D eigenvalue weighted by atomic mass is 10.0. The van der Waals surface area contributed by atoms with Crippen LogP contribution in [0.3, 0.4) is 0 Å². The van der Waals surface area contributed by atoms with Crippen LogP contribution in [0.4, 0.5) is 0 Å². The Balaban J connectivity index is 1.88. The van der Waals surface area contributed by atoms with E-state index >= 15 is 0 Å². The molecule has 27 heavy (non-hydrogen) atoms. The van der Waals surface area contributed by atoms with Gasteiger partial charge in [-0.05, 0) is 18.9 Å². The first-order valence-corrected chi connectivity index (χ1v) is 11.1. The molecular weight excluding hydrogens is 344 g/mol. The quantitative estimate of drug-likeness (QED) is 0.259. The monoisotopic (exact) mass is 386 g/mol. The maximum atomic E-state index is 10.0. The molecule has 0 aromatic rings. The second kappa shape index (κ2) is 16.3. The third-order valence-electron chi connectivity index (χ3n) is 5.31. The van der Waals surface area contributed by atoms with Gasteiger partial charge in [-0.1, -0.05) is 77.6 Å². The number of hydrogen-bond donors (Lipinski definition) is 3. The lowest BCUT2D eigenvalue weighted by Crippen LogP contribution is -2.40. The maximum absolute atomic E-state index is 10.0. The van der Waals surface area contributed by atoms with Gasteiger partial charge in [0.1, 0.15) is 24.4 Å². The first-order valence-electron chi connectivity index (χ1n) is 11.1. The summed E-state index contributed by atoms with van der Waals surface area (Å²) in [6.07, 6.45) is 17.5. The Hall–Kier alpha value is -0.620. The summed E-state index contributed by atoms with van der Waals surface area (Å²) in [5.74, 6) is 0. The zero-order chi connectivity index (χ0) is 19.7. The molecule has 160 valence electrons. The molecule has 1 saturated heterocycles. The summed E-state index contributed by atoms with van der Waals surface area (Å²) in [4.78, 5) is 0. The molecule has 1 aliphatic heterocycles. The predicted octanol–water partition coefficient (Wildman–Crippen LogP) is 4.09. The third-order valence-corrected chi connectivity index (χ3v) is 5.31. The minimum atomic E-state index is -1.07. The van der Waals surface area contributed by atoms with Gasteiger partial charge in [-0.2, -0.15) is 0 Å². The second-order valence-electron chi connectivity index (χ2n) is 7.76. The standard InChI is InChI=1S/C22H42O5/c1-2-3-4-5-6-7-8-9-10-11-12-13-14-15-16-26-20-18-27-22(21(20)25)19(24)17-23/h15-16,19-25H,2-14,17-18H2,1H3/b16-15+/t19-,20+,21+,22+/m0/s1. The van der Waals surface area contributed by atoms with Crippen molar-refractivity contribution in [3.05, 3.63) is 12.3 Å². The van der Waals surface area contributed by atoms with E-state index in [-0.39, 0.29) is 6.61 Å². The second-order valence-corrected chi connectivity index (χ2v) is 7.76. The van der Waals surface area contributed by atoms with Gasteiger partial charge in [-0.25, -0.2) is 0 Å². The van der Waals surface area contributed by atoms with Crippen molar-refractivity contribution in [3.8, 4) is 0 Å². The number of unbranched alkanes of at least 4 members (excludes halogenated alkanes) is 12. The van der Waals surface area contributed by atoms with Crippen molar-refractivity contribution in [2.45, 2.75) is 115 Å². The molecule has 3 N–H and O–H groups in total. The molecule has 0 saturated carbocycles. The van der Waals surface area contributed by atoms with Crippen molar-refractivity contribution >= 4 is 0 Å². The summed E-state index contributed by atoms with van der Waals surface area (Å²) in [5, 5.41) is 28.5. The number of rotatable bonds is 17. The Labute approximate surface area is 165 Å². The van der Waals surface area contributed by atoms with Crippen LogP contribution in [0.2, 0.25) is 0 Å². The molecule has 1 aliphatic rings. The molecule has 5 heteroatoms. The van der Waals surface area contributed by atoms with Crippen LogP contribution in [-0.4, -0.2) is 52.9 Å². The Morgan fingerprint density at radius 1 is 0.963 bits per heavy atom. The smallest absolute Gasteiger partial charge is 0.149 e. The fourth-order valence-electron chi connectivity index (χ4n) is 3.50. The predicted molar refractivity (Wildman–Crippen MR) is 109 cm³/mol. The van der Waals surface area contributed by atoms with Crippen molar-refractivity contribution in [2.24, 2.45) is 0 Å². The summed E-state index contributed by atoms with van der Waals surface area (Å²) >= 11 is 0. The molecule has 0 aromatic carbocycles. The van der Waals surface area contributed by atoms with Gasteiger partial charge in [0.25, 0.3) is 0 Å². The highest BCUT2D eigenvalue weighted by atomic mass is 16.6. The average Bonchev–Trinajstić information content (AvgIpc) is 3.04. The molecule has 0 unspecified atom stereocenters. The normalized spacial score (nSPS) is 23.9. The largest absolute Gasteiger partial charge is 0.493 e. The van der Waals surface area contributed by atoms with Crippen molar-refractivity contribution < 1.29 is 24.8 Å². The lowest BCUT2D eigenvalue weighted by Gasteiger charge is -2.20. The van der Waals surface area contributed by atoms with E-state index in [1.165, 1.54) is 70.6 Å². The Kier molecular flexibility index (Phi) is 14.8. The van der Waals surface area contributed by atoms with E-state index in [2.05, 4.69) is 6.92 Å². The Morgan fingerprint density at radius 2 is 1.52 bits per heavy atom. The van der Waals surface area contributed by atoms with Crippen molar-refractivity contribution in [2.75, 3.05) is 13.2 Å². The van der Waals surface area contributed by atoms with Gasteiger partial charge in [-0.15, -0.1) is 0 Å². The average molecular weight is 387 g/mol. The number of aliphatic hydroxyl groups is 3. The minimum Gasteiger partial charge on any atom is -0.493 e. The van der Waals surface area contributed by atoms with Crippen LogP contribution in [0, 0.1) is 0 Å². The number of aliphatic hydroxyl groups excluding tert-OH is 3. The SMILES string of the molecule is CCCCCCCCCCCCCC/C=C/O[C@@H]1CO[C@H]([C@@H](O)CO)[C@@H]1O. The fraction of sp³-hybridized carbons (Fsp3) is 0.909. The van der Waals surface area contributed by atoms with E-state index in [0.717, 1.165) is 12.8 Å². The van der Waals surface area contributed by atoms with Gasteiger partial charge in [0.05, 0.1) is 19.5 Å². The molecular formula is C22H42O5. The van der Waals surface area contributed by atoms with Crippen LogP contribution >= 0.6 is 0 Å². The molecule has 1 heterocycles. The highest BCUT2D eigenvalue weighted by molar-refractivity contribution is 4.90. The highest BCUT2D eigenvalue weighted by Crippen LogP contribution is 2.20. The zero-order valence-corrected chi connectivity index (χ0v) is 17.2. The van der Waals surface area contributed by atoms with Crippen molar-refractivity contribution in [3.63, 3.8) is 0 Å². The zero-order valence-electron chi connectivity index (χ0n) is 17.2. The molecule has 0 aromatic heterocycles. The first-order chi connectivity index (χ1) is 13.2. The molecule has 0 spiro atoms. The van der Waals surface area contributed by atoms with E-state index < -0.39 is 31.0 Å². The Bertz CT molecular complexity index is 361. The molecule has 1 fully saturated rings. The van der Waals surface area contributed by atoms with Gasteiger partial charge < -0.3 is 24.8 Å². The van der Waals surface area contributed by atoms with Gasteiger partial charge in [0.2, 0.25) is 0 Å². The van der Waals surface area contributed by atoms with Crippen molar-refractivity contribution in [1.82, 2.24) is 0 Å². The van der Waals surface area contributed by atoms with Crippen LogP contribution < -0.4 is 0 Å². The van der Waals surface area contributed by atoms with Gasteiger partial charge in [-0.3, -0.25) is 0 Å². The van der Waals surface area contributed by atoms with Crippen LogP contribution in [0.15, 0.2) is 12.3 Å². The number of ether oxygens (including phenoxy) is 2. The summed E-state index contributed by atoms with van der Waals surface area (Å²) < 4.78 is 10.8. The summed E-state index contributed by atoms with van der Waals surface area (Å²) in [5.41, 5.74) is 0. The van der Waals surface area contributed by atoms with E-state index in [1.807, 2.05) is 6.08 Å². The molecule has 0 amide bonds. The van der Waals surface area contributed by atoms with Crippen LogP contribution in [0.25, 0.3) is 0 Å². The van der Waals surface area contributed by atoms with E-state index in [4.69, 9.17) is 14.6 Å². The van der Waals surface area contributed by atoms with Crippen LogP contribution in [0.1, 0.15) is 90.4 Å². The van der Waals surface area contributed by atoms with Crippen LogP contribution in [-0.2, 0) is 9.47 Å². The topological polar surface area (TPSA) is 79.2 Å². The van der Waals surface area contributed by atoms with Crippen molar-refractivity contribution in [1.29, 1.82) is 0 Å². The number of hydrogen-bond acceptors (Lipinski definition) is 5. The molecule has 5 nitrogen and oxygen atoms in total. The summed E-state index contributed by atoms with van der Waals surface area (Å²) in [6.45, 7) is 2.06. The maximum Gasteiger partial charge on any atom is 0.149 e. The van der Waals surface area contributed by atoms with E-state index in [0.29, 0.717) is 0 Å². The van der Waals surface area contributed by atoms with E-state index in [1.54, 1.807) is 6.26 Å². The molecule has 0 aliphatic carbocycles. The molecule has 0 bridgehead atoms. The molecule has 1 rings (SSSR count). The first kappa shape index (κ1) is 24.4. The van der Waals surface area contributed by atoms with Gasteiger partial charge >= 0.3 is 0 Å². The van der Waals surface area contributed by atoms with Gasteiger partial charge in [0, 0.05) is 0 Å². The minimum absolute atomic E-state index is 0.228. The summed E-state index contributed by atoms with van der Waals surface area (Å²) in [7, 11) is 0.